The molecule has 0 radical (unpaired) electrons. The lowest BCUT2D eigenvalue weighted by Crippen LogP contribution is -2.42. The molecule has 1 unspecified atom stereocenters. The zero-order valence-electron chi connectivity index (χ0n) is 16.2. The van der Waals surface area contributed by atoms with Crippen molar-refractivity contribution in [2.75, 3.05) is 6.61 Å². The van der Waals surface area contributed by atoms with E-state index in [1.54, 1.807) is 31.2 Å². The Labute approximate surface area is 152 Å². The van der Waals surface area contributed by atoms with Crippen molar-refractivity contribution < 1.29 is 17.6 Å². The summed E-state index contributed by atoms with van der Waals surface area (Å²) in [4.78, 5) is 11.8. The SMILES string of the molecule is Cc1ccc(S(=O)(=O)N2[C@H](CO[Si](C)(C)C(C)(C)C)[C@@]2(C)C=O)cc1. The summed E-state index contributed by atoms with van der Waals surface area (Å²) in [6, 6.07) is 6.23. The van der Waals surface area contributed by atoms with Gasteiger partial charge < -0.3 is 9.22 Å². The Morgan fingerprint density at radius 1 is 1.24 bits per heavy atom. The van der Waals surface area contributed by atoms with Gasteiger partial charge in [-0.25, -0.2) is 8.42 Å². The van der Waals surface area contributed by atoms with Crippen molar-refractivity contribution in [1.29, 1.82) is 0 Å². The van der Waals surface area contributed by atoms with Crippen LogP contribution < -0.4 is 0 Å². The van der Waals surface area contributed by atoms with E-state index in [1.165, 1.54) is 4.31 Å². The van der Waals surface area contributed by atoms with Gasteiger partial charge in [-0.05, 0) is 44.1 Å². The van der Waals surface area contributed by atoms with Crippen molar-refractivity contribution in [2.24, 2.45) is 0 Å². The highest BCUT2D eigenvalue weighted by molar-refractivity contribution is 7.89. The molecule has 2 rings (SSSR count). The highest BCUT2D eigenvalue weighted by Gasteiger charge is 2.66. The third-order valence-corrected chi connectivity index (χ3v) is 12.1. The van der Waals surface area contributed by atoms with E-state index in [2.05, 4.69) is 33.9 Å². The van der Waals surface area contributed by atoms with Gasteiger partial charge in [0.1, 0.15) is 11.8 Å². The van der Waals surface area contributed by atoms with Gasteiger partial charge in [0, 0.05) is 0 Å². The summed E-state index contributed by atoms with van der Waals surface area (Å²) in [5.74, 6) is 0. The normalized spacial score (nSPS) is 27.2. The van der Waals surface area contributed by atoms with Gasteiger partial charge in [-0.1, -0.05) is 38.5 Å². The molecule has 0 N–H and O–H groups in total. The van der Waals surface area contributed by atoms with E-state index >= 15 is 0 Å². The molecule has 1 aromatic carbocycles. The molecule has 1 saturated heterocycles. The lowest BCUT2D eigenvalue weighted by molar-refractivity contribution is -0.110. The van der Waals surface area contributed by atoms with E-state index in [4.69, 9.17) is 4.43 Å². The number of sulfonamides is 1. The first-order valence-electron chi connectivity index (χ1n) is 8.49. The van der Waals surface area contributed by atoms with Crippen molar-refractivity contribution in [1.82, 2.24) is 4.31 Å². The number of hydrogen-bond donors (Lipinski definition) is 0. The van der Waals surface area contributed by atoms with Crippen molar-refractivity contribution >= 4 is 24.6 Å². The lowest BCUT2D eigenvalue weighted by Gasteiger charge is -2.36. The van der Waals surface area contributed by atoms with Crippen LogP contribution in [0.5, 0.6) is 0 Å². The van der Waals surface area contributed by atoms with Crippen LogP contribution >= 0.6 is 0 Å². The maximum atomic E-state index is 12.9. The Hall–Kier alpha value is -1.02. The van der Waals surface area contributed by atoms with Crippen LogP contribution in [0.3, 0.4) is 0 Å². The summed E-state index contributed by atoms with van der Waals surface area (Å²) in [5.41, 5.74) is -0.0489. The van der Waals surface area contributed by atoms with Crippen LogP contribution in [0.2, 0.25) is 18.1 Å². The fraction of sp³-hybridized carbons (Fsp3) is 0.611. The number of rotatable bonds is 6. The molecule has 0 saturated carbocycles. The average Bonchev–Trinajstić information content (AvgIpc) is 3.11. The Bertz CT molecular complexity index is 752. The third-order valence-electron chi connectivity index (χ3n) is 5.59. The van der Waals surface area contributed by atoms with Crippen LogP contribution in [0.4, 0.5) is 0 Å². The summed E-state index contributed by atoms with van der Waals surface area (Å²) in [6.45, 7) is 14.4. The molecule has 0 aromatic heterocycles. The topological polar surface area (TPSA) is 63.4 Å². The molecule has 0 amide bonds. The molecule has 7 heteroatoms. The summed E-state index contributed by atoms with van der Waals surface area (Å²) in [6.07, 6.45) is 0.721. The van der Waals surface area contributed by atoms with E-state index in [9.17, 15) is 13.2 Å². The highest BCUT2D eigenvalue weighted by Crippen LogP contribution is 2.46. The molecule has 3 atom stereocenters. The van der Waals surface area contributed by atoms with Crippen LogP contribution in [0.15, 0.2) is 29.2 Å². The van der Waals surface area contributed by atoms with E-state index in [0.29, 0.717) is 0 Å². The smallest absolute Gasteiger partial charge is 0.244 e. The minimum atomic E-state index is -3.72. The molecular formula is C18H29NO4SSi. The number of carbonyl (C=O) groups excluding carboxylic acids is 1. The van der Waals surface area contributed by atoms with Gasteiger partial charge in [-0.3, -0.25) is 0 Å². The molecule has 1 aromatic rings. The molecule has 1 fully saturated rings. The molecule has 0 spiro atoms. The first-order valence-corrected chi connectivity index (χ1v) is 12.8. The molecule has 1 heterocycles. The molecule has 1 aliphatic heterocycles. The lowest BCUT2D eigenvalue weighted by atomic mass is 10.1. The Morgan fingerprint density at radius 2 is 1.76 bits per heavy atom. The second-order valence-electron chi connectivity index (χ2n) is 8.54. The Kier molecular flexibility index (Phi) is 5.11. The van der Waals surface area contributed by atoms with Crippen LogP contribution in [-0.4, -0.2) is 45.5 Å². The zero-order valence-corrected chi connectivity index (χ0v) is 18.0. The number of aldehydes is 1. The second kappa shape index (κ2) is 6.30. The molecule has 5 nitrogen and oxygen atoms in total. The van der Waals surface area contributed by atoms with E-state index in [1.807, 2.05) is 6.92 Å². The fourth-order valence-corrected chi connectivity index (χ4v) is 5.52. The minimum absolute atomic E-state index is 0.0279. The summed E-state index contributed by atoms with van der Waals surface area (Å²) >= 11 is 0. The van der Waals surface area contributed by atoms with Gasteiger partial charge in [0.05, 0.1) is 17.5 Å². The van der Waals surface area contributed by atoms with Crippen LogP contribution in [0.25, 0.3) is 0 Å². The predicted molar refractivity (Wildman–Crippen MR) is 102 cm³/mol. The van der Waals surface area contributed by atoms with Gasteiger partial charge in [0.25, 0.3) is 0 Å². The number of carbonyl (C=O) groups is 1. The van der Waals surface area contributed by atoms with Crippen LogP contribution in [0, 0.1) is 6.92 Å². The minimum Gasteiger partial charge on any atom is -0.415 e. The monoisotopic (exact) mass is 383 g/mol. The zero-order chi connectivity index (χ0) is 19.3. The largest absolute Gasteiger partial charge is 0.415 e. The predicted octanol–water partition coefficient (Wildman–Crippen LogP) is 3.35. The average molecular weight is 384 g/mol. The Morgan fingerprint density at radius 3 is 2.20 bits per heavy atom. The molecule has 0 aliphatic carbocycles. The number of hydrogen-bond acceptors (Lipinski definition) is 4. The van der Waals surface area contributed by atoms with Crippen molar-refractivity contribution in [3.05, 3.63) is 29.8 Å². The first-order chi connectivity index (χ1) is 11.3. The molecular weight excluding hydrogens is 354 g/mol. The van der Waals surface area contributed by atoms with E-state index < -0.39 is 29.9 Å². The van der Waals surface area contributed by atoms with E-state index in [0.717, 1.165) is 11.8 Å². The Balaban J connectivity index is 2.24. The fourth-order valence-electron chi connectivity index (χ4n) is 2.56. The summed E-state index contributed by atoms with van der Waals surface area (Å²) in [5, 5.41) is 0.0279. The maximum absolute atomic E-state index is 12.9. The first kappa shape index (κ1) is 20.3. The van der Waals surface area contributed by atoms with Crippen LogP contribution in [0.1, 0.15) is 33.3 Å². The molecule has 140 valence electrons. The van der Waals surface area contributed by atoms with Gasteiger partial charge in [0.15, 0.2) is 8.32 Å². The van der Waals surface area contributed by atoms with Crippen molar-refractivity contribution in [3.8, 4) is 0 Å². The molecule has 25 heavy (non-hydrogen) atoms. The van der Waals surface area contributed by atoms with Gasteiger partial charge >= 0.3 is 0 Å². The standard InChI is InChI=1S/C18H29NO4SSi/c1-14-8-10-15(11-9-14)24(21,22)19-16(18(19,5)13-20)12-23-25(6,7)17(2,3)4/h8-11,13,16H,12H2,1-7H3/t16-,18-,19?/m1/s1. The van der Waals surface area contributed by atoms with Gasteiger partial charge in [0.2, 0.25) is 10.0 Å². The molecule has 1 aliphatic rings. The van der Waals surface area contributed by atoms with E-state index in [-0.39, 0.29) is 16.5 Å². The summed E-state index contributed by atoms with van der Waals surface area (Å²) < 4.78 is 33.3. The third kappa shape index (κ3) is 3.60. The number of nitrogens with zero attached hydrogens (tertiary/aromatic N) is 1. The summed E-state index contributed by atoms with van der Waals surface area (Å²) in [7, 11) is -5.73. The number of aryl methyl sites for hydroxylation is 1. The van der Waals surface area contributed by atoms with Crippen molar-refractivity contribution in [3.63, 3.8) is 0 Å². The van der Waals surface area contributed by atoms with Gasteiger partial charge in [-0.2, -0.15) is 4.31 Å². The maximum Gasteiger partial charge on any atom is 0.244 e. The number of benzene rings is 1. The van der Waals surface area contributed by atoms with Gasteiger partial charge in [-0.15, -0.1) is 0 Å². The van der Waals surface area contributed by atoms with Crippen molar-refractivity contribution in [2.45, 2.75) is 69.2 Å². The van der Waals surface area contributed by atoms with Crippen LogP contribution in [-0.2, 0) is 19.2 Å². The quantitative estimate of drug-likeness (QED) is 0.429. The molecule has 0 bridgehead atoms. The highest BCUT2D eigenvalue weighted by atomic mass is 32.2. The second-order valence-corrected chi connectivity index (χ2v) is 15.2.